The maximum absolute atomic E-state index is 11.8. The van der Waals surface area contributed by atoms with E-state index in [9.17, 15) is 4.79 Å². The number of nitrogens with one attached hydrogen (secondary N) is 2. The van der Waals surface area contributed by atoms with Crippen LogP contribution in [0.4, 0.5) is 5.69 Å². The molecule has 1 saturated carbocycles. The molecule has 0 bridgehead atoms. The van der Waals surface area contributed by atoms with E-state index in [2.05, 4.69) is 34.9 Å². The highest BCUT2D eigenvalue weighted by Gasteiger charge is 2.60. The average Bonchev–Trinajstić information content (AvgIpc) is 3.22. The summed E-state index contributed by atoms with van der Waals surface area (Å²) >= 11 is 0. The van der Waals surface area contributed by atoms with E-state index in [4.69, 9.17) is 0 Å². The van der Waals surface area contributed by atoms with Gasteiger partial charge in [-0.15, -0.1) is 0 Å². The molecule has 2 aliphatic rings. The van der Waals surface area contributed by atoms with Gasteiger partial charge in [-0.05, 0) is 24.5 Å². The van der Waals surface area contributed by atoms with Crippen LogP contribution < -0.4 is 10.7 Å². The fourth-order valence-electron chi connectivity index (χ4n) is 3.05. The molecule has 4 nitrogen and oxygen atoms in total. The molecule has 0 spiro atoms. The number of benzene rings is 1. The van der Waals surface area contributed by atoms with Crippen molar-refractivity contribution < 1.29 is 4.79 Å². The zero-order valence-corrected chi connectivity index (χ0v) is 11.9. The normalized spacial score (nSPS) is 26.9. The van der Waals surface area contributed by atoms with Crippen molar-refractivity contribution in [1.82, 2.24) is 5.43 Å². The van der Waals surface area contributed by atoms with E-state index in [1.807, 2.05) is 18.3 Å². The molecule has 106 valence electrons. The monoisotopic (exact) mass is 271 g/mol. The van der Waals surface area contributed by atoms with Crippen molar-refractivity contribution in [2.75, 3.05) is 11.9 Å². The van der Waals surface area contributed by atoms with Crippen LogP contribution in [0.5, 0.6) is 0 Å². The molecule has 0 saturated heterocycles. The smallest absolute Gasteiger partial charge is 0.244 e. The summed E-state index contributed by atoms with van der Waals surface area (Å²) in [5, 5.41) is 7.55. The number of hydrogen-bond donors (Lipinski definition) is 2. The van der Waals surface area contributed by atoms with Crippen LogP contribution in [-0.2, 0) is 10.2 Å². The quantitative estimate of drug-likeness (QED) is 0.782. The SMILES string of the molecule is CCCCCNc1ccccc1C12C=NNC(=O)C1C2. The lowest BCUT2D eigenvalue weighted by atomic mass is 9.92. The Morgan fingerprint density at radius 3 is 3.10 bits per heavy atom. The summed E-state index contributed by atoms with van der Waals surface area (Å²) in [5.41, 5.74) is 4.74. The number of carbonyl (C=O) groups is 1. The van der Waals surface area contributed by atoms with Crippen molar-refractivity contribution in [2.24, 2.45) is 11.0 Å². The van der Waals surface area contributed by atoms with E-state index in [-0.39, 0.29) is 17.2 Å². The molecule has 1 aliphatic carbocycles. The molecule has 3 rings (SSSR count). The van der Waals surface area contributed by atoms with Gasteiger partial charge >= 0.3 is 0 Å². The van der Waals surface area contributed by atoms with Crippen LogP contribution in [0, 0.1) is 5.92 Å². The van der Waals surface area contributed by atoms with E-state index in [0.717, 1.165) is 18.7 Å². The summed E-state index contributed by atoms with van der Waals surface area (Å²) in [4.78, 5) is 11.8. The Morgan fingerprint density at radius 1 is 1.40 bits per heavy atom. The molecule has 0 radical (unpaired) electrons. The molecule has 1 fully saturated rings. The zero-order valence-electron chi connectivity index (χ0n) is 11.9. The first-order chi connectivity index (χ1) is 9.78. The van der Waals surface area contributed by atoms with Crippen molar-refractivity contribution in [3.8, 4) is 0 Å². The number of hydrogen-bond acceptors (Lipinski definition) is 3. The number of carbonyl (C=O) groups excluding carboxylic acids is 1. The third-order valence-electron chi connectivity index (χ3n) is 4.31. The second-order valence-electron chi connectivity index (χ2n) is 5.71. The van der Waals surface area contributed by atoms with E-state index in [0.29, 0.717) is 0 Å². The van der Waals surface area contributed by atoms with Crippen molar-refractivity contribution in [3.05, 3.63) is 29.8 Å². The molecule has 0 aromatic heterocycles. The third kappa shape index (κ3) is 2.19. The minimum atomic E-state index is -0.170. The number of nitrogens with zero attached hydrogens (tertiary/aromatic N) is 1. The van der Waals surface area contributed by atoms with Gasteiger partial charge in [-0.1, -0.05) is 38.0 Å². The van der Waals surface area contributed by atoms with Crippen LogP contribution in [0.3, 0.4) is 0 Å². The minimum absolute atomic E-state index is 0.0493. The van der Waals surface area contributed by atoms with Crippen LogP contribution in [-0.4, -0.2) is 18.7 Å². The molecule has 4 heteroatoms. The van der Waals surface area contributed by atoms with Crippen LogP contribution in [0.15, 0.2) is 29.4 Å². The number of para-hydroxylation sites is 1. The van der Waals surface area contributed by atoms with Gasteiger partial charge in [0.1, 0.15) is 0 Å². The lowest BCUT2D eigenvalue weighted by molar-refractivity contribution is -0.122. The number of hydrazone groups is 1. The van der Waals surface area contributed by atoms with Gasteiger partial charge < -0.3 is 5.32 Å². The topological polar surface area (TPSA) is 53.5 Å². The number of anilines is 1. The van der Waals surface area contributed by atoms with Gasteiger partial charge in [-0.25, -0.2) is 5.43 Å². The minimum Gasteiger partial charge on any atom is -0.385 e. The summed E-state index contributed by atoms with van der Waals surface area (Å²) in [6, 6.07) is 8.30. The van der Waals surface area contributed by atoms with Crippen LogP contribution >= 0.6 is 0 Å². The lowest BCUT2D eigenvalue weighted by Gasteiger charge is -2.20. The average molecular weight is 271 g/mol. The Bertz CT molecular complexity index is 540. The number of unbranched alkanes of at least 4 members (excludes halogenated alkanes) is 2. The zero-order chi connectivity index (χ0) is 14.0. The number of fused-ring (bicyclic) bond motifs is 1. The Balaban J connectivity index is 1.79. The molecule has 2 atom stereocenters. The highest BCUT2D eigenvalue weighted by atomic mass is 16.2. The molecule has 1 aromatic carbocycles. The molecular weight excluding hydrogens is 250 g/mol. The second kappa shape index (κ2) is 5.27. The van der Waals surface area contributed by atoms with Crippen molar-refractivity contribution in [1.29, 1.82) is 0 Å². The molecule has 1 aliphatic heterocycles. The largest absolute Gasteiger partial charge is 0.385 e. The van der Waals surface area contributed by atoms with Gasteiger partial charge in [0, 0.05) is 23.9 Å². The van der Waals surface area contributed by atoms with Gasteiger partial charge in [0.25, 0.3) is 0 Å². The lowest BCUT2D eigenvalue weighted by Crippen LogP contribution is -2.31. The Kier molecular flexibility index (Phi) is 3.47. The van der Waals surface area contributed by atoms with Crippen molar-refractivity contribution in [3.63, 3.8) is 0 Å². The summed E-state index contributed by atoms with van der Waals surface area (Å²) in [6.07, 6.45) is 6.42. The standard InChI is InChI=1S/C16H21N3O/c1-2-3-6-9-17-14-8-5-4-7-12(14)16-10-13(16)15(20)19-18-11-16/h4-5,7-8,11,13,17H,2-3,6,9-10H2,1H3,(H,19,20). The van der Waals surface area contributed by atoms with Gasteiger partial charge in [0.15, 0.2) is 0 Å². The van der Waals surface area contributed by atoms with Crippen LogP contribution in [0.2, 0.25) is 0 Å². The third-order valence-corrected chi connectivity index (χ3v) is 4.31. The van der Waals surface area contributed by atoms with E-state index < -0.39 is 0 Å². The number of rotatable bonds is 6. The molecule has 1 heterocycles. The highest BCUT2D eigenvalue weighted by molar-refractivity contribution is 5.98. The fraction of sp³-hybridized carbons (Fsp3) is 0.500. The first-order valence-electron chi connectivity index (χ1n) is 7.45. The Morgan fingerprint density at radius 2 is 2.25 bits per heavy atom. The fourth-order valence-corrected chi connectivity index (χ4v) is 3.05. The summed E-state index contributed by atoms with van der Waals surface area (Å²) in [7, 11) is 0. The van der Waals surface area contributed by atoms with Gasteiger partial charge in [0.2, 0.25) is 5.91 Å². The van der Waals surface area contributed by atoms with Gasteiger partial charge in [-0.2, -0.15) is 5.10 Å². The van der Waals surface area contributed by atoms with Crippen molar-refractivity contribution >= 4 is 17.8 Å². The van der Waals surface area contributed by atoms with E-state index in [1.165, 1.54) is 24.8 Å². The summed E-state index contributed by atoms with van der Waals surface area (Å²) in [5.74, 6) is 0.104. The summed E-state index contributed by atoms with van der Waals surface area (Å²) < 4.78 is 0. The van der Waals surface area contributed by atoms with Crippen molar-refractivity contribution in [2.45, 2.75) is 38.0 Å². The molecule has 2 N–H and O–H groups in total. The van der Waals surface area contributed by atoms with Gasteiger partial charge in [-0.3, -0.25) is 4.79 Å². The summed E-state index contributed by atoms with van der Waals surface area (Å²) in [6.45, 7) is 3.19. The maximum atomic E-state index is 11.8. The first-order valence-corrected chi connectivity index (χ1v) is 7.45. The predicted molar refractivity (Wildman–Crippen MR) is 80.9 cm³/mol. The molecule has 1 aromatic rings. The number of amides is 1. The molecule has 20 heavy (non-hydrogen) atoms. The Hall–Kier alpha value is -1.84. The Labute approximate surface area is 119 Å². The highest BCUT2D eigenvalue weighted by Crippen LogP contribution is 2.56. The second-order valence-corrected chi connectivity index (χ2v) is 5.71. The van der Waals surface area contributed by atoms with E-state index >= 15 is 0 Å². The van der Waals surface area contributed by atoms with Crippen LogP contribution in [0.25, 0.3) is 0 Å². The maximum Gasteiger partial charge on any atom is 0.244 e. The van der Waals surface area contributed by atoms with Gasteiger partial charge in [0.05, 0.1) is 5.92 Å². The molecular formula is C16H21N3O. The first kappa shape index (κ1) is 13.2. The van der Waals surface area contributed by atoms with Crippen LogP contribution in [0.1, 0.15) is 38.2 Å². The molecule has 2 unspecified atom stereocenters. The predicted octanol–water partition coefficient (Wildman–Crippen LogP) is 2.66. The molecule has 1 amide bonds. The van der Waals surface area contributed by atoms with E-state index in [1.54, 1.807) is 0 Å².